The predicted octanol–water partition coefficient (Wildman–Crippen LogP) is 1.15. The molecule has 0 radical (unpaired) electrons. The summed E-state index contributed by atoms with van der Waals surface area (Å²) in [6.07, 6.45) is 3.04. The molecule has 186 valence electrons. The fraction of sp³-hybridized carbons (Fsp3) is 0.600. The van der Waals surface area contributed by atoms with E-state index >= 15 is 0 Å². The lowest BCUT2D eigenvalue weighted by Crippen LogP contribution is -2.56. The van der Waals surface area contributed by atoms with Crippen LogP contribution >= 0.6 is 0 Å². The molecule has 0 saturated carbocycles. The zero-order valence-corrected chi connectivity index (χ0v) is 20.0. The lowest BCUT2D eigenvalue weighted by molar-refractivity contribution is -0.148. The van der Waals surface area contributed by atoms with Crippen LogP contribution in [0.25, 0.3) is 0 Å². The second-order valence-corrected chi connectivity index (χ2v) is 9.70. The van der Waals surface area contributed by atoms with Crippen LogP contribution in [0.15, 0.2) is 30.3 Å². The molecule has 2 saturated heterocycles. The number of carboxylic acids is 1. The van der Waals surface area contributed by atoms with Gasteiger partial charge in [-0.05, 0) is 50.0 Å². The van der Waals surface area contributed by atoms with Gasteiger partial charge in [0.15, 0.2) is 0 Å². The lowest BCUT2D eigenvalue weighted by Gasteiger charge is -2.32. The van der Waals surface area contributed by atoms with Crippen LogP contribution in [0, 0.1) is 5.92 Å². The molecule has 0 aliphatic carbocycles. The number of carboxylic acid groups (broad SMARTS) is 1. The molecule has 0 bridgehead atoms. The Kier molecular flexibility index (Phi) is 8.66. The quantitative estimate of drug-likeness (QED) is 0.494. The number of nitrogens with two attached hydrogens (primary N) is 1. The molecule has 3 rings (SSSR count). The second-order valence-electron chi connectivity index (χ2n) is 9.70. The Hall–Kier alpha value is -2.94. The van der Waals surface area contributed by atoms with Gasteiger partial charge >= 0.3 is 5.97 Å². The number of amides is 3. The first-order valence-electron chi connectivity index (χ1n) is 12.1. The molecule has 2 aliphatic heterocycles. The highest BCUT2D eigenvalue weighted by Crippen LogP contribution is 2.26. The molecule has 3 amide bonds. The molecule has 4 N–H and O–H groups in total. The highest BCUT2D eigenvalue weighted by molar-refractivity contribution is 5.94. The number of carbonyl (C=O) groups excluding carboxylic acids is 3. The number of aliphatic carboxylic acids is 1. The van der Waals surface area contributed by atoms with E-state index in [4.69, 9.17) is 5.73 Å². The average molecular weight is 473 g/mol. The number of hydrogen-bond acceptors (Lipinski definition) is 5. The molecule has 1 aromatic carbocycles. The maximum absolute atomic E-state index is 13.5. The first-order valence-corrected chi connectivity index (χ1v) is 12.1. The summed E-state index contributed by atoms with van der Waals surface area (Å²) >= 11 is 0. The summed E-state index contributed by atoms with van der Waals surface area (Å²) in [4.78, 5) is 54.1. The van der Waals surface area contributed by atoms with E-state index in [2.05, 4.69) is 5.32 Å². The topological polar surface area (TPSA) is 133 Å². The third kappa shape index (κ3) is 6.14. The van der Waals surface area contributed by atoms with Gasteiger partial charge in [-0.25, -0.2) is 4.79 Å². The van der Waals surface area contributed by atoms with E-state index < -0.39 is 36.0 Å². The van der Waals surface area contributed by atoms with E-state index in [-0.39, 0.29) is 17.7 Å². The van der Waals surface area contributed by atoms with Crippen LogP contribution in [0.5, 0.6) is 0 Å². The van der Waals surface area contributed by atoms with Crippen molar-refractivity contribution < 1.29 is 24.3 Å². The monoisotopic (exact) mass is 472 g/mol. The van der Waals surface area contributed by atoms with Crippen molar-refractivity contribution in [3.05, 3.63) is 35.9 Å². The summed E-state index contributed by atoms with van der Waals surface area (Å²) in [5, 5.41) is 12.1. The Morgan fingerprint density at radius 1 is 1.03 bits per heavy atom. The standard InChI is InChI=1S/C25H36N4O5/c1-16(2)14-19(25(33)34)27-22(30)20-10-6-12-28(20)24(32)21-11-7-13-29(21)23(31)18(26)15-17-8-4-3-5-9-17/h3-5,8-9,16,18-21H,6-7,10-15,26H2,1-2H3,(H,27,30)(H,33,34). The summed E-state index contributed by atoms with van der Waals surface area (Å²) in [7, 11) is 0. The van der Waals surface area contributed by atoms with Gasteiger partial charge in [0.1, 0.15) is 18.1 Å². The number of likely N-dealkylation sites (tertiary alicyclic amines) is 2. The third-order valence-electron chi connectivity index (χ3n) is 6.60. The van der Waals surface area contributed by atoms with Crippen LogP contribution in [-0.4, -0.2) is 75.9 Å². The molecule has 0 spiro atoms. The normalized spacial score (nSPS) is 22.0. The van der Waals surface area contributed by atoms with E-state index in [1.54, 1.807) is 4.90 Å². The Morgan fingerprint density at radius 2 is 1.65 bits per heavy atom. The minimum absolute atomic E-state index is 0.0980. The zero-order chi connectivity index (χ0) is 24.8. The van der Waals surface area contributed by atoms with Gasteiger partial charge in [0.25, 0.3) is 0 Å². The van der Waals surface area contributed by atoms with Gasteiger partial charge in [-0.15, -0.1) is 0 Å². The number of rotatable bonds is 9. The van der Waals surface area contributed by atoms with E-state index in [1.165, 1.54) is 4.90 Å². The van der Waals surface area contributed by atoms with Gasteiger partial charge in [0.05, 0.1) is 6.04 Å². The Morgan fingerprint density at radius 3 is 2.26 bits per heavy atom. The minimum Gasteiger partial charge on any atom is -0.480 e. The Balaban J connectivity index is 1.66. The minimum atomic E-state index is -1.09. The van der Waals surface area contributed by atoms with Crippen LogP contribution < -0.4 is 11.1 Å². The number of hydrogen-bond donors (Lipinski definition) is 3. The van der Waals surface area contributed by atoms with Crippen molar-refractivity contribution in [3.8, 4) is 0 Å². The summed E-state index contributed by atoms with van der Waals surface area (Å²) in [5.41, 5.74) is 7.16. The number of carbonyl (C=O) groups is 4. The third-order valence-corrected chi connectivity index (χ3v) is 6.60. The second kappa shape index (κ2) is 11.5. The van der Waals surface area contributed by atoms with Gasteiger partial charge in [0.2, 0.25) is 17.7 Å². The SMILES string of the molecule is CC(C)CC(NC(=O)C1CCCN1C(=O)C1CCCN1C(=O)C(N)Cc1ccccc1)C(=O)O. The predicted molar refractivity (Wildman–Crippen MR) is 127 cm³/mol. The lowest BCUT2D eigenvalue weighted by atomic mass is 10.0. The van der Waals surface area contributed by atoms with Gasteiger partial charge < -0.3 is 26.0 Å². The van der Waals surface area contributed by atoms with Crippen LogP contribution in [0.2, 0.25) is 0 Å². The fourth-order valence-electron chi connectivity index (χ4n) is 4.91. The smallest absolute Gasteiger partial charge is 0.326 e. The first kappa shape index (κ1) is 25.7. The van der Waals surface area contributed by atoms with E-state index in [1.807, 2.05) is 44.2 Å². The summed E-state index contributed by atoms with van der Waals surface area (Å²) in [6.45, 7) is 4.65. The molecular weight excluding hydrogens is 436 g/mol. The first-order chi connectivity index (χ1) is 16.2. The van der Waals surface area contributed by atoms with Gasteiger partial charge in [-0.3, -0.25) is 14.4 Å². The highest BCUT2D eigenvalue weighted by atomic mass is 16.4. The van der Waals surface area contributed by atoms with Crippen molar-refractivity contribution in [1.82, 2.24) is 15.1 Å². The van der Waals surface area contributed by atoms with Crippen LogP contribution in [0.1, 0.15) is 51.5 Å². The molecule has 1 aromatic rings. The maximum atomic E-state index is 13.5. The Bertz CT molecular complexity index is 891. The van der Waals surface area contributed by atoms with Crippen LogP contribution in [0.4, 0.5) is 0 Å². The number of nitrogens with zero attached hydrogens (tertiary/aromatic N) is 2. The van der Waals surface area contributed by atoms with Crippen molar-refractivity contribution in [2.24, 2.45) is 11.7 Å². The fourth-order valence-corrected chi connectivity index (χ4v) is 4.91. The number of nitrogens with one attached hydrogen (secondary N) is 1. The largest absolute Gasteiger partial charge is 0.480 e. The summed E-state index contributed by atoms with van der Waals surface area (Å²) in [5.74, 6) is -1.96. The van der Waals surface area contributed by atoms with Crippen LogP contribution in [0.3, 0.4) is 0 Å². The molecule has 2 aliphatic rings. The van der Waals surface area contributed by atoms with Crippen molar-refractivity contribution >= 4 is 23.7 Å². The Labute approximate surface area is 200 Å². The van der Waals surface area contributed by atoms with Gasteiger partial charge in [-0.1, -0.05) is 44.2 Å². The van der Waals surface area contributed by atoms with E-state index in [9.17, 15) is 24.3 Å². The molecule has 2 heterocycles. The number of benzene rings is 1. The van der Waals surface area contributed by atoms with Gasteiger partial charge in [0, 0.05) is 13.1 Å². The summed E-state index contributed by atoms with van der Waals surface area (Å²) in [6, 6.07) is 6.40. The van der Waals surface area contributed by atoms with Crippen molar-refractivity contribution in [3.63, 3.8) is 0 Å². The van der Waals surface area contributed by atoms with Crippen molar-refractivity contribution in [1.29, 1.82) is 0 Å². The molecular formula is C25H36N4O5. The van der Waals surface area contributed by atoms with Crippen molar-refractivity contribution in [2.45, 2.75) is 76.5 Å². The average Bonchev–Trinajstić information content (AvgIpc) is 3.48. The molecule has 2 fully saturated rings. The molecule has 0 aromatic heterocycles. The van der Waals surface area contributed by atoms with Crippen molar-refractivity contribution in [2.75, 3.05) is 13.1 Å². The van der Waals surface area contributed by atoms with E-state index in [0.29, 0.717) is 51.6 Å². The molecule has 34 heavy (non-hydrogen) atoms. The zero-order valence-electron chi connectivity index (χ0n) is 20.0. The van der Waals surface area contributed by atoms with Crippen LogP contribution in [-0.2, 0) is 25.6 Å². The molecule has 9 heteroatoms. The maximum Gasteiger partial charge on any atom is 0.326 e. The highest BCUT2D eigenvalue weighted by Gasteiger charge is 2.43. The molecule has 9 nitrogen and oxygen atoms in total. The molecule has 4 unspecified atom stereocenters. The molecule has 4 atom stereocenters. The summed E-state index contributed by atoms with van der Waals surface area (Å²) < 4.78 is 0. The van der Waals surface area contributed by atoms with E-state index in [0.717, 1.165) is 5.56 Å². The van der Waals surface area contributed by atoms with Gasteiger partial charge in [-0.2, -0.15) is 0 Å².